The number of benzene rings is 2. The van der Waals surface area contributed by atoms with Crippen molar-refractivity contribution in [2.45, 2.75) is 26.8 Å². The molecule has 0 aliphatic rings. The van der Waals surface area contributed by atoms with Gasteiger partial charge in [-0.2, -0.15) is 0 Å². The van der Waals surface area contributed by atoms with Gasteiger partial charge in [-0.1, -0.05) is 30.7 Å². The first-order valence-corrected chi connectivity index (χ1v) is 7.39. The highest BCUT2D eigenvalue weighted by Gasteiger charge is 2.09. The monoisotopic (exact) mass is 307 g/mol. The second kappa shape index (κ2) is 7.32. The van der Waals surface area contributed by atoms with Gasteiger partial charge < -0.3 is 10.1 Å². The van der Waals surface area contributed by atoms with Gasteiger partial charge in [-0.15, -0.1) is 0 Å². The van der Waals surface area contributed by atoms with Crippen LogP contribution in [0.4, 0.5) is 10.1 Å². The predicted octanol–water partition coefficient (Wildman–Crippen LogP) is 5.19. The zero-order chi connectivity index (χ0) is 15.2. The summed E-state index contributed by atoms with van der Waals surface area (Å²) < 4.78 is 19.5. The van der Waals surface area contributed by atoms with E-state index >= 15 is 0 Å². The van der Waals surface area contributed by atoms with Gasteiger partial charge in [-0.3, -0.25) is 0 Å². The third kappa shape index (κ3) is 4.11. The van der Waals surface area contributed by atoms with Gasteiger partial charge >= 0.3 is 0 Å². The topological polar surface area (TPSA) is 21.3 Å². The first-order valence-electron chi connectivity index (χ1n) is 7.02. The Balaban J connectivity index is 2.16. The van der Waals surface area contributed by atoms with Crippen LogP contribution < -0.4 is 10.1 Å². The molecule has 0 amide bonds. The summed E-state index contributed by atoms with van der Waals surface area (Å²) in [6, 6.07) is 10.6. The molecule has 2 rings (SSSR count). The van der Waals surface area contributed by atoms with Crippen LogP contribution in [0.1, 0.15) is 24.5 Å². The summed E-state index contributed by atoms with van der Waals surface area (Å²) in [5, 5.41) is 3.62. The van der Waals surface area contributed by atoms with Gasteiger partial charge in [0.25, 0.3) is 0 Å². The van der Waals surface area contributed by atoms with E-state index in [0.29, 0.717) is 23.7 Å². The number of hydrogen-bond donors (Lipinski definition) is 1. The summed E-state index contributed by atoms with van der Waals surface area (Å²) in [5.74, 6) is 0.474. The summed E-state index contributed by atoms with van der Waals surface area (Å²) >= 11 is 6.03. The van der Waals surface area contributed by atoms with Gasteiger partial charge in [-0.05, 0) is 43.2 Å². The number of rotatable bonds is 6. The van der Waals surface area contributed by atoms with Crippen molar-refractivity contribution in [2.24, 2.45) is 0 Å². The van der Waals surface area contributed by atoms with Crippen molar-refractivity contribution in [3.63, 3.8) is 0 Å². The Morgan fingerprint density at radius 3 is 2.76 bits per heavy atom. The van der Waals surface area contributed by atoms with Gasteiger partial charge in [0.1, 0.15) is 11.6 Å². The van der Waals surface area contributed by atoms with E-state index in [2.05, 4.69) is 12.2 Å². The van der Waals surface area contributed by atoms with Gasteiger partial charge in [0.2, 0.25) is 0 Å². The van der Waals surface area contributed by atoms with Crippen LogP contribution in [-0.4, -0.2) is 6.61 Å². The Morgan fingerprint density at radius 1 is 1.24 bits per heavy atom. The molecule has 1 N–H and O–H groups in total. The van der Waals surface area contributed by atoms with Crippen molar-refractivity contribution in [2.75, 3.05) is 11.9 Å². The van der Waals surface area contributed by atoms with E-state index in [0.717, 1.165) is 23.4 Å². The molecule has 0 aliphatic heterocycles. The van der Waals surface area contributed by atoms with Gasteiger partial charge in [0, 0.05) is 17.1 Å². The van der Waals surface area contributed by atoms with Crippen LogP contribution in [0, 0.1) is 12.7 Å². The average molecular weight is 308 g/mol. The first-order chi connectivity index (χ1) is 10.1. The molecule has 0 unspecified atom stereocenters. The molecule has 0 atom stereocenters. The molecule has 0 fully saturated rings. The maximum atomic E-state index is 13.8. The van der Waals surface area contributed by atoms with Crippen LogP contribution in [0.3, 0.4) is 0 Å². The van der Waals surface area contributed by atoms with Crippen molar-refractivity contribution >= 4 is 17.3 Å². The van der Waals surface area contributed by atoms with E-state index in [1.54, 1.807) is 12.1 Å². The first kappa shape index (κ1) is 15.6. The number of nitrogens with one attached hydrogen (secondary N) is 1. The minimum atomic E-state index is -0.307. The van der Waals surface area contributed by atoms with E-state index < -0.39 is 0 Å². The zero-order valence-electron chi connectivity index (χ0n) is 12.2. The highest BCUT2D eigenvalue weighted by atomic mass is 35.5. The van der Waals surface area contributed by atoms with Crippen molar-refractivity contribution in [1.82, 2.24) is 0 Å². The predicted molar refractivity (Wildman–Crippen MR) is 85.7 cm³/mol. The van der Waals surface area contributed by atoms with E-state index in [4.69, 9.17) is 16.3 Å². The Kier molecular flexibility index (Phi) is 5.45. The molecule has 0 aromatic heterocycles. The largest absolute Gasteiger partial charge is 0.491 e. The minimum Gasteiger partial charge on any atom is -0.491 e. The molecule has 112 valence electrons. The Morgan fingerprint density at radius 2 is 2.05 bits per heavy atom. The summed E-state index contributed by atoms with van der Waals surface area (Å²) in [6.45, 7) is 5.04. The second-order valence-corrected chi connectivity index (χ2v) is 5.31. The van der Waals surface area contributed by atoms with E-state index in [1.807, 2.05) is 25.1 Å². The lowest BCUT2D eigenvalue weighted by molar-refractivity contribution is 0.318. The van der Waals surface area contributed by atoms with Crippen LogP contribution >= 0.6 is 11.6 Å². The van der Waals surface area contributed by atoms with Crippen molar-refractivity contribution in [1.29, 1.82) is 0 Å². The third-order valence-corrected chi connectivity index (χ3v) is 3.47. The molecule has 0 saturated carbocycles. The normalized spacial score (nSPS) is 10.5. The van der Waals surface area contributed by atoms with E-state index in [-0.39, 0.29) is 5.82 Å². The fourth-order valence-corrected chi connectivity index (χ4v) is 2.22. The molecule has 0 saturated heterocycles. The maximum Gasteiger partial charge on any atom is 0.142 e. The number of ether oxygens (including phenoxy) is 1. The van der Waals surface area contributed by atoms with Gasteiger partial charge in [-0.25, -0.2) is 4.39 Å². The molecular weight excluding hydrogens is 289 g/mol. The molecule has 2 aromatic carbocycles. The fraction of sp³-hybridized carbons (Fsp3) is 0.294. The molecular formula is C17H19ClFNO. The average Bonchev–Trinajstić information content (AvgIpc) is 2.46. The third-order valence-electron chi connectivity index (χ3n) is 3.12. The molecule has 0 spiro atoms. The minimum absolute atomic E-state index is 0.307. The number of hydrogen-bond acceptors (Lipinski definition) is 2. The van der Waals surface area contributed by atoms with Crippen LogP contribution in [0.2, 0.25) is 5.02 Å². The van der Waals surface area contributed by atoms with Crippen molar-refractivity contribution in [3.8, 4) is 5.75 Å². The molecule has 2 aromatic rings. The second-order valence-electron chi connectivity index (χ2n) is 4.90. The van der Waals surface area contributed by atoms with Crippen molar-refractivity contribution in [3.05, 3.63) is 58.4 Å². The highest BCUT2D eigenvalue weighted by molar-refractivity contribution is 6.31. The molecule has 2 nitrogen and oxygen atoms in total. The fourth-order valence-electron chi connectivity index (χ4n) is 1.99. The molecule has 0 radical (unpaired) electrons. The van der Waals surface area contributed by atoms with Crippen LogP contribution in [0.5, 0.6) is 5.75 Å². The summed E-state index contributed by atoms with van der Waals surface area (Å²) in [6.07, 6.45) is 0.937. The SMILES string of the molecule is CCCOc1cc(C)ccc1NCc1c(F)cccc1Cl. The highest BCUT2D eigenvalue weighted by Crippen LogP contribution is 2.28. The standard InChI is InChI=1S/C17H19ClFNO/c1-3-9-21-17-10-12(2)7-8-16(17)20-11-13-14(18)5-4-6-15(13)19/h4-8,10,20H,3,9,11H2,1-2H3. The molecule has 0 heterocycles. The van der Waals surface area contributed by atoms with Gasteiger partial charge in [0.15, 0.2) is 0 Å². The van der Waals surface area contributed by atoms with E-state index in [9.17, 15) is 4.39 Å². The molecule has 0 bridgehead atoms. The Hall–Kier alpha value is -1.74. The lowest BCUT2D eigenvalue weighted by atomic mass is 10.1. The number of anilines is 1. The van der Waals surface area contributed by atoms with Crippen molar-refractivity contribution < 1.29 is 9.13 Å². The Bertz CT molecular complexity index is 595. The Labute approximate surface area is 129 Å². The molecule has 0 aliphatic carbocycles. The summed E-state index contributed by atoms with van der Waals surface area (Å²) in [4.78, 5) is 0. The van der Waals surface area contributed by atoms with E-state index in [1.165, 1.54) is 6.07 Å². The molecule has 4 heteroatoms. The summed E-state index contributed by atoms with van der Waals surface area (Å²) in [5.41, 5.74) is 2.42. The lowest BCUT2D eigenvalue weighted by Crippen LogP contribution is -2.05. The van der Waals surface area contributed by atoms with Crippen LogP contribution in [0.15, 0.2) is 36.4 Å². The maximum absolute atomic E-state index is 13.8. The zero-order valence-corrected chi connectivity index (χ0v) is 13.0. The number of aryl methyl sites for hydroxylation is 1. The smallest absolute Gasteiger partial charge is 0.142 e. The molecule has 21 heavy (non-hydrogen) atoms. The number of halogens is 2. The van der Waals surface area contributed by atoms with Crippen LogP contribution in [-0.2, 0) is 6.54 Å². The lowest BCUT2D eigenvalue weighted by Gasteiger charge is -2.14. The van der Waals surface area contributed by atoms with Gasteiger partial charge in [0.05, 0.1) is 12.3 Å². The quantitative estimate of drug-likeness (QED) is 0.793. The van der Waals surface area contributed by atoms with Crippen LogP contribution in [0.25, 0.3) is 0 Å². The summed E-state index contributed by atoms with van der Waals surface area (Å²) in [7, 11) is 0.